The molecule has 0 aliphatic heterocycles. The molecule has 0 fully saturated rings. The topological polar surface area (TPSA) is 66.9 Å². The van der Waals surface area contributed by atoms with E-state index in [1.54, 1.807) is 6.20 Å². The van der Waals surface area contributed by atoms with Gasteiger partial charge in [0.15, 0.2) is 5.13 Å². The first-order valence-corrected chi connectivity index (χ1v) is 9.73. The zero-order valence-electron chi connectivity index (χ0n) is 15.4. The van der Waals surface area contributed by atoms with Crippen LogP contribution in [-0.2, 0) is 12.7 Å². The van der Waals surface area contributed by atoms with Crippen molar-refractivity contribution >= 4 is 39.0 Å². The molecule has 2 heterocycles. The van der Waals surface area contributed by atoms with E-state index in [1.807, 2.05) is 30.3 Å². The Hall–Kier alpha value is -3.46. The fourth-order valence-corrected chi connectivity index (χ4v) is 3.62. The van der Waals surface area contributed by atoms with Crippen LogP contribution >= 0.6 is 11.3 Å². The lowest BCUT2D eigenvalue weighted by molar-refractivity contribution is -0.137. The van der Waals surface area contributed by atoms with E-state index in [2.05, 4.69) is 20.6 Å². The number of aromatic nitrogens is 2. The number of benzene rings is 2. The van der Waals surface area contributed by atoms with Crippen molar-refractivity contribution in [1.29, 1.82) is 0 Å². The van der Waals surface area contributed by atoms with E-state index in [-0.39, 0.29) is 6.54 Å². The summed E-state index contributed by atoms with van der Waals surface area (Å²) in [6, 6.07) is 14.5. The van der Waals surface area contributed by atoms with E-state index in [4.69, 9.17) is 0 Å². The number of pyridine rings is 1. The number of carbonyl (C=O) groups excluding carboxylic acids is 1. The molecule has 0 unspecified atom stereocenters. The molecule has 0 saturated heterocycles. The summed E-state index contributed by atoms with van der Waals surface area (Å²) in [4.78, 5) is 21.2. The molecular formula is C21H15F3N4OS. The Labute approximate surface area is 173 Å². The Morgan fingerprint density at radius 1 is 1.03 bits per heavy atom. The lowest BCUT2D eigenvalue weighted by atomic mass is 10.1. The Balaban J connectivity index is 1.43. The largest absolute Gasteiger partial charge is 0.416 e. The van der Waals surface area contributed by atoms with Crippen molar-refractivity contribution < 1.29 is 18.0 Å². The van der Waals surface area contributed by atoms with Crippen molar-refractivity contribution in [2.24, 2.45) is 0 Å². The van der Waals surface area contributed by atoms with E-state index in [9.17, 15) is 18.0 Å². The van der Waals surface area contributed by atoms with E-state index in [0.29, 0.717) is 21.4 Å². The Morgan fingerprint density at radius 2 is 1.87 bits per heavy atom. The summed E-state index contributed by atoms with van der Waals surface area (Å²) in [5.74, 6) is 0.210. The number of fused-ring (bicyclic) bond motifs is 1. The maximum atomic E-state index is 12.8. The second-order valence-corrected chi connectivity index (χ2v) is 7.45. The van der Waals surface area contributed by atoms with Gasteiger partial charge >= 0.3 is 6.18 Å². The second-order valence-electron chi connectivity index (χ2n) is 6.42. The standard InChI is InChI=1S/C21H15F3N4OS/c22-21(23,24)15-6-3-4-13(10-15)11-26-19(29)17-12-27-20(30-17)28-18-16-7-2-1-5-14(16)8-9-25-18/h1-10,12H,11H2,(H,26,29)(H,25,27,28). The maximum absolute atomic E-state index is 12.8. The number of halogens is 3. The van der Waals surface area contributed by atoms with Crippen LogP contribution in [0.4, 0.5) is 24.1 Å². The Morgan fingerprint density at radius 3 is 2.70 bits per heavy atom. The van der Waals surface area contributed by atoms with Crippen molar-refractivity contribution in [3.8, 4) is 0 Å². The molecule has 0 bridgehead atoms. The first-order valence-electron chi connectivity index (χ1n) is 8.91. The van der Waals surface area contributed by atoms with Crippen LogP contribution in [0.25, 0.3) is 10.8 Å². The number of nitrogens with zero attached hydrogens (tertiary/aromatic N) is 2. The molecule has 0 radical (unpaired) electrons. The summed E-state index contributed by atoms with van der Waals surface area (Å²) in [6.07, 6.45) is -1.32. The van der Waals surface area contributed by atoms with Crippen LogP contribution in [0.15, 0.2) is 67.0 Å². The number of alkyl halides is 3. The van der Waals surface area contributed by atoms with Gasteiger partial charge in [0.25, 0.3) is 5.91 Å². The molecule has 2 aromatic carbocycles. The third-order valence-corrected chi connectivity index (χ3v) is 5.25. The van der Waals surface area contributed by atoms with E-state index in [1.165, 1.54) is 18.3 Å². The van der Waals surface area contributed by atoms with Gasteiger partial charge in [0, 0.05) is 18.1 Å². The summed E-state index contributed by atoms with van der Waals surface area (Å²) in [5, 5.41) is 8.16. The molecule has 0 atom stereocenters. The summed E-state index contributed by atoms with van der Waals surface area (Å²) in [7, 11) is 0. The molecule has 0 spiro atoms. The van der Waals surface area contributed by atoms with Crippen LogP contribution < -0.4 is 10.6 Å². The fraction of sp³-hybridized carbons (Fsp3) is 0.0952. The highest BCUT2D eigenvalue weighted by molar-refractivity contribution is 7.17. The number of nitrogens with one attached hydrogen (secondary N) is 2. The second kappa shape index (κ2) is 8.11. The Bertz CT molecular complexity index is 1200. The summed E-state index contributed by atoms with van der Waals surface area (Å²) >= 11 is 1.13. The van der Waals surface area contributed by atoms with Gasteiger partial charge in [-0.15, -0.1) is 0 Å². The van der Waals surface area contributed by atoms with Gasteiger partial charge < -0.3 is 10.6 Å². The lowest BCUT2D eigenvalue weighted by Crippen LogP contribution is -2.22. The van der Waals surface area contributed by atoms with Gasteiger partial charge in [0.2, 0.25) is 0 Å². The minimum Gasteiger partial charge on any atom is -0.347 e. The molecule has 5 nitrogen and oxygen atoms in total. The van der Waals surface area contributed by atoms with Crippen molar-refractivity contribution in [3.63, 3.8) is 0 Å². The lowest BCUT2D eigenvalue weighted by Gasteiger charge is -2.09. The molecule has 2 aromatic heterocycles. The quantitative estimate of drug-likeness (QED) is 0.448. The van der Waals surface area contributed by atoms with Crippen LogP contribution in [0.3, 0.4) is 0 Å². The molecule has 152 valence electrons. The monoisotopic (exact) mass is 428 g/mol. The van der Waals surface area contributed by atoms with Crippen LogP contribution in [-0.4, -0.2) is 15.9 Å². The molecule has 1 amide bonds. The number of hydrogen-bond donors (Lipinski definition) is 2. The highest BCUT2D eigenvalue weighted by Crippen LogP contribution is 2.30. The van der Waals surface area contributed by atoms with Crippen molar-refractivity contribution in [1.82, 2.24) is 15.3 Å². The average molecular weight is 428 g/mol. The molecule has 0 aliphatic rings. The first kappa shape index (κ1) is 19.8. The average Bonchev–Trinajstić information content (AvgIpc) is 3.21. The minimum absolute atomic E-state index is 0.0195. The van der Waals surface area contributed by atoms with Crippen LogP contribution in [0.5, 0.6) is 0 Å². The SMILES string of the molecule is O=C(NCc1cccc(C(F)(F)F)c1)c1cnc(Nc2nccc3ccccc23)s1. The predicted molar refractivity (Wildman–Crippen MR) is 110 cm³/mol. The molecule has 9 heteroatoms. The van der Waals surface area contributed by atoms with Crippen molar-refractivity contribution in [2.75, 3.05) is 5.32 Å². The van der Waals surface area contributed by atoms with Gasteiger partial charge in [0.05, 0.1) is 11.8 Å². The van der Waals surface area contributed by atoms with Gasteiger partial charge in [-0.25, -0.2) is 9.97 Å². The van der Waals surface area contributed by atoms with Gasteiger partial charge in [0.1, 0.15) is 10.7 Å². The summed E-state index contributed by atoms with van der Waals surface area (Å²) < 4.78 is 38.4. The third kappa shape index (κ3) is 4.41. The van der Waals surface area contributed by atoms with E-state index < -0.39 is 17.6 Å². The fourth-order valence-electron chi connectivity index (χ4n) is 2.88. The van der Waals surface area contributed by atoms with Gasteiger partial charge in [-0.1, -0.05) is 47.7 Å². The Kier molecular flexibility index (Phi) is 5.37. The number of hydrogen-bond acceptors (Lipinski definition) is 5. The zero-order valence-corrected chi connectivity index (χ0v) is 16.2. The number of rotatable bonds is 5. The van der Waals surface area contributed by atoms with Crippen LogP contribution in [0.2, 0.25) is 0 Å². The number of carbonyl (C=O) groups is 1. The minimum atomic E-state index is -4.42. The maximum Gasteiger partial charge on any atom is 0.416 e. The van der Waals surface area contributed by atoms with Crippen LogP contribution in [0, 0.1) is 0 Å². The molecule has 30 heavy (non-hydrogen) atoms. The normalized spacial score (nSPS) is 11.4. The van der Waals surface area contributed by atoms with Crippen molar-refractivity contribution in [2.45, 2.75) is 12.7 Å². The molecule has 4 aromatic rings. The zero-order chi connectivity index (χ0) is 21.1. The molecule has 0 aliphatic carbocycles. The highest BCUT2D eigenvalue weighted by atomic mass is 32.1. The number of amides is 1. The third-order valence-electron chi connectivity index (χ3n) is 4.34. The number of anilines is 2. The first-order chi connectivity index (χ1) is 14.4. The molecular weight excluding hydrogens is 413 g/mol. The smallest absolute Gasteiger partial charge is 0.347 e. The van der Waals surface area contributed by atoms with E-state index >= 15 is 0 Å². The van der Waals surface area contributed by atoms with E-state index in [0.717, 1.165) is 34.2 Å². The molecule has 0 saturated carbocycles. The summed E-state index contributed by atoms with van der Waals surface area (Å²) in [5.41, 5.74) is -0.387. The number of thiazole rings is 1. The highest BCUT2D eigenvalue weighted by Gasteiger charge is 2.30. The van der Waals surface area contributed by atoms with Gasteiger partial charge in [-0.3, -0.25) is 4.79 Å². The summed E-state index contributed by atoms with van der Waals surface area (Å²) in [6.45, 7) is -0.0195. The van der Waals surface area contributed by atoms with Crippen molar-refractivity contribution in [3.05, 3.63) is 83.0 Å². The molecule has 4 rings (SSSR count). The van der Waals surface area contributed by atoms with Gasteiger partial charge in [-0.05, 0) is 29.1 Å². The molecule has 2 N–H and O–H groups in total. The van der Waals surface area contributed by atoms with Crippen LogP contribution in [0.1, 0.15) is 20.8 Å². The predicted octanol–water partition coefficient (Wildman–Crippen LogP) is 5.38. The van der Waals surface area contributed by atoms with Gasteiger partial charge in [-0.2, -0.15) is 13.2 Å².